The lowest BCUT2D eigenvalue weighted by atomic mass is 10.2. The Hall–Kier alpha value is -1.22. The molecular weight excluding hydrogens is 212 g/mol. The molecule has 0 aliphatic rings. The van der Waals surface area contributed by atoms with Gasteiger partial charge < -0.3 is 8.97 Å². The molecule has 0 fully saturated rings. The molecule has 0 spiro atoms. The highest BCUT2D eigenvalue weighted by Gasteiger charge is 2.05. The number of nitrogens with zero attached hydrogens (tertiary/aromatic N) is 2. The van der Waals surface area contributed by atoms with Crippen molar-refractivity contribution in [2.45, 2.75) is 12.8 Å². The van der Waals surface area contributed by atoms with Gasteiger partial charge in [-0.1, -0.05) is 0 Å². The smallest absolute Gasteiger partial charge is 0.274 e. The molecule has 2 aromatic rings. The Labute approximate surface area is 92.9 Å². The summed E-state index contributed by atoms with van der Waals surface area (Å²) in [6, 6.07) is 3.70. The predicted molar refractivity (Wildman–Crippen MR) is 61.7 cm³/mol. The molecule has 2 rings (SSSR count). The number of aryl methyl sites for hydroxylation is 1. The highest BCUT2D eigenvalue weighted by molar-refractivity contribution is 6.17. The third-order valence-electron chi connectivity index (χ3n) is 2.59. The molecule has 4 heteroatoms. The molecule has 0 saturated heterocycles. The summed E-state index contributed by atoms with van der Waals surface area (Å²) in [4.78, 5) is 11.9. The summed E-state index contributed by atoms with van der Waals surface area (Å²) >= 11 is 5.65. The quantitative estimate of drug-likeness (QED) is 0.731. The fourth-order valence-electron chi connectivity index (χ4n) is 1.72. The maximum atomic E-state index is 11.9. The van der Waals surface area contributed by atoms with Gasteiger partial charge in [-0.25, -0.2) is 0 Å². The highest BCUT2D eigenvalue weighted by atomic mass is 35.5. The maximum Gasteiger partial charge on any atom is 0.274 e. The summed E-state index contributed by atoms with van der Waals surface area (Å²) < 4.78 is 3.56. The van der Waals surface area contributed by atoms with Gasteiger partial charge >= 0.3 is 0 Å². The van der Waals surface area contributed by atoms with E-state index in [0.29, 0.717) is 11.4 Å². The zero-order valence-electron chi connectivity index (χ0n) is 8.61. The van der Waals surface area contributed by atoms with Crippen LogP contribution in [0.3, 0.4) is 0 Å². The third kappa shape index (κ3) is 1.79. The molecule has 0 N–H and O–H groups in total. The fraction of sp³-hybridized carbons (Fsp3) is 0.364. The molecule has 3 nitrogen and oxygen atoms in total. The lowest BCUT2D eigenvalue weighted by Gasteiger charge is -2.08. The van der Waals surface area contributed by atoms with Crippen molar-refractivity contribution >= 4 is 17.1 Å². The van der Waals surface area contributed by atoms with Crippen molar-refractivity contribution in [3.63, 3.8) is 0 Å². The molecule has 0 aliphatic carbocycles. The lowest BCUT2D eigenvalue weighted by Crippen LogP contribution is -2.22. The van der Waals surface area contributed by atoms with Crippen molar-refractivity contribution in [3.05, 3.63) is 40.6 Å². The number of hydrogen-bond acceptors (Lipinski definition) is 1. The van der Waals surface area contributed by atoms with Crippen molar-refractivity contribution in [2.24, 2.45) is 7.05 Å². The summed E-state index contributed by atoms with van der Waals surface area (Å²) in [5, 5.41) is 0. The number of aromatic nitrogens is 2. The normalized spacial score (nSPS) is 11.1. The molecule has 0 aromatic carbocycles. The second kappa shape index (κ2) is 4.11. The van der Waals surface area contributed by atoms with Crippen molar-refractivity contribution in [3.8, 4) is 0 Å². The minimum atomic E-state index is 0.0482. The molecule has 0 atom stereocenters. The van der Waals surface area contributed by atoms with Gasteiger partial charge in [-0.2, -0.15) is 0 Å². The Morgan fingerprint density at radius 1 is 1.47 bits per heavy atom. The standard InChI is InChI=1S/C11H13ClN2O/c1-13-9(4-2-6-12)8-14-7-3-5-10(14)11(13)15/h3,5,7-8H,2,4,6H2,1H3. The van der Waals surface area contributed by atoms with E-state index in [1.807, 2.05) is 28.9 Å². The minimum absolute atomic E-state index is 0.0482. The summed E-state index contributed by atoms with van der Waals surface area (Å²) in [7, 11) is 1.80. The first-order valence-electron chi connectivity index (χ1n) is 4.95. The van der Waals surface area contributed by atoms with Crippen LogP contribution in [-0.2, 0) is 13.5 Å². The largest absolute Gasteiger partial charge is 0.317 e. The molecule has 0 amide bonds. The van der Waals surface area contributed by atoms with Gasteiger partial charge in [-0.15, -0.1) is 11.6 Å². The Kier molecular flexibility index (Phi) is 2.82. The number of alkyl halides is 1. The SMILES string of the molecule is Cn1c(CCCCl)cn2cccc2c1=O. The fourth-order valence-corrected chi connectivity index (χ4v) is 1.85. The van der Waals surface area contributed by atoms with Gasteiger partial charge in [0.1, 0.15) is 5.52 Å². The van der Waals surface area contributed by atoms with Crippen LogP contribution >= 0.6 is 11.6 Å². The van der Waals surface area contributed by atoms with Crippen LogP contribution in [0.5, 0.6) is 0 Å². The van der Waals surface area contributed by atoms with Crippen molar-refractivity contribution in [1.82, 2.24) is 8.97 Å². The van der Waals surface area contributed by atoms with E-state index in [1.54, 1.807) is 11.6 Å². The summed E-state index contributed by atoms with van der Waals surface area (Å²) in [5.74, 6) is 0.623. The monoisotopic (exact) mass is 224 g/mol. The second-order valence-corrected chi connectivity index (χ2v) is 3.96. The van der Waals surface area contributed by atoms with E-state index in [4.69, 9.17) is 11.6 Å². The number of fused-ring (bicyclic) bond motifs is 1. The van der Waals surface area contributed by atoms with Gasteiger partial charge in [-0.3, -0.25) is 4.79 Å². The van der Waals surface area contributed by atoms with Crippen LogP contribution in [-0.4, -0.2) is 14.8 Å². The zero-order valence-corrected chi connectivity index (χ0v) is 9.37. The van der Waals surface area contributed by atoms with E-state index in [-0.39, 0.29) is 5.56 Å². The molecular formula is C11H13ClN2O. The Balaban J connectivity index is 2.55. The van der Waals surface area contributed by atoms with E-state index >= 15 is 0 Å². The predicted octanol–water partition coefficient (Wildman–Crippen LogP) is 1.81. The van der Waals surface area contributed by atoms with Gasteiger partial charge in [0.05, 0.1) is 0 Å². The molecule has 2 aromatic heterocycles. The molecule has 0 saturated carbocycles. The van der Waals surface area contributed by atoms with E-state index in [2.05, 4.69) is 0 Å². The van der Waals surface area contributed by atoms with E-state index in [9.17, 15) is 4.79 Å². The second-order valence-electron chi connectivity index (χ2n) is 3.58. The Morgan fingerprint density at radius 2 is 2.27 bits per heavy atom. The van der Waals surface area contributed by atoms with Gasteiger partial charge in [0.2, 0.25) is 0 Å². The molecule has 15 heavy (non-hydrogen) atoms. The summed E-state index contributed by atoms with van der Waals surface area (Å²) in [5.41, 5.74) is 1.78. The maximum absolute atomic E-state index is 11.9. The van der Waals surface area contributed by atoms with Crippen LogP contribution in [0, 0.1) is 0 Å². The van der Waals surface area contributed by atoms with Crippen molar-refractivity contribution in [1.29, 1.82) is 0 Å². The van der Waals surface area contributed by atoms with Gasteiger partial charge in [0.15, 0.2) is 0 Å². The van der Waals surface area contributed by atoms with Crippen LogP contribution in [0.25, 0.3) is 5.52 Å². The van der Waals surface area contributed by atoms with Crippen molar-refractivity contribution < 1.29 is 0 Å². The number of halogens is 1. The summed E-state index contributed by atoms with van der Waals surface area (Å²) in [6.45, 7) is 0. The number of hydrogen-bond donors (Lipinski definition) is 0. The molecule has 0 aliphatic heterocycles. The number of rotatable bonds is 3. The first kappa shape index (κ1) is 10.3. The van der Waals surface area contributed by atoms with E-state index in [1.165, 1.54) is 0 Å². The zero-order chi connectivity index (χ0) is 10.8. The Morgan fingerprint density at radius 3 is 3.00 bits per heavy atom. The van der Waals surface area contributed by atoms with Crippen LogP contribution in [0.15, 0.2) is 29.3 Å². The topological polar surface area (TPSA) is 26.4 Å². The average molecular weight is 225 g/mol. The Bertz CT molecular complexity index is 527. The molecule has 80 valence electrons. The molecule has 0 bridgehead atoms. The summed E-state index contributed by atoms with van der Waals surface area (Å²) in [6.07, 6.45) is 5.61. The first-order chi connectivity index (χ1) is 7.24. The average Bonchev–Trinajstić information content (AvgIpc) is 2.69. The minimum Gasteiger partial charge on any atom is -0.317 e. The van der Waals surface area contributed by atoms with Crippen molar-refractivity contribution in [2.75, 3.05) is 5.88 Å². The molecule has 0 unspecified atom stereocenters. The van der Waals surface area contributed by atoms with Gasteiger partial charge in [0.25, 0.3) is 5.56 Å². The van der Waals surface area contributed by atoms with Crippen LogP contribution in [0.4, 0.5) is 0 Å². The first-order valence-corrected chi connectivity index (χ1v) is 5.49. The van der Waals surface area contributed by atoms with Gasteiger partial charge in [-0.05, 0) is 25.0 Å². The third-order valence-corrected chi connectivity index (χ3v) is 2.86. The highest BCUT2D eigenvalue weighted by Crippen LogP contribution is 2.05. The molecule has 0 radical (unpaired) electrons. The van der Waals surface area contributed by atoms with Crippen LogP contribution < -0.4 is 5.56 Å². The van der Waals surface area contributed by atoms with E-state index < -0.39 is 0 Å². The lowest BCUT2D eigenvalue weighted by molar-refractivity contribution is 0.737. The molecule has 2 heterocycles. The van der Waals surface area contributed by atoms with E-state index in [0.717, 1.165) is 18.5 Å². The van der Waals surface area contributed by atoms with Crippen LogP contribution in [0.2, 0.25) is 0 Å². The van der Waals surface area contributed by atoms with Crippen LogP contribution in [0.1, 0.15) is 12.1 Å². The van der Waals surface area contributed by atoms with Gasteiger partial charge in [0, 0.05) is 31.0 Å².